The van der Waals surface area contributed by atoms with Crippen LogP contribution in [0.2, 0.25) is 0 Å². The summed E-state index contributed by atoms with van der Waals surface area (Å²) in [7, 11) is 0. The molecule has 0 saturated carbocycles. The summed E-state index contributed by atoms with van der Waals surface area (Å²) >= 11 is 0. The molecule has 1 aliphatic heterocycles. The van der Waals surface area contributed by atoms with Crippen molar-refractivity contribution in [1.29, 1.82) is 0 Å². The molecule has 0 amide bonds. The molecule has 60 valence electrons. The summed E-state index contributed by atoms with van der Waals surface area (Å²) in [5.74, 6) is 0.743. The Hall–Kier alpha value is -0.0800. The van der Waals surface area contributed by atoms with Crippen LogP contribution < -0.4 is 5.32 Å². The average Bonchev–Trinajstić information content (AvgIpc) is 1.84. The van der Waals surface area contributed by atoms with Gasteiger partial charge in [-0.15, -0.1) is 0 Å². The van der Waals surface area contributed by atoms with E-state index in [9.17, 15) is 5.11 Å². The van der Waals surface area contributed by atoms with Gasteiger partial charge in [0.1, 0.15) is 0 Å². The molecule has 0 bridgehead atoms. The molecule has 0 spiro atoms. The zero-order chi connectivity index (χ0) is 7.78. The van der Waals surface area contributed by atoms with Crippen LogP contribution in [0.25, 0.3) is 0 Å². The van der Waals surface area contributed by atoms with E-state index >= 15 is 0 Å². The van der Waals surface area contributed by atoms with Crippen molar-refractivity contribution in [2.75, 3.05) is 13.1 Å². The molecule has 0 aromatic heterocycles. The number of hydrogen-bond donors (Lipinski definition) is 2. The van der Waals surface area contributed by atoms with Crippen molar-refractivity contribution in [2.45, 2.75) is 26.4 Å². The van der Waals surface area contributed by atoms with Crippen molar-refractivity contribution in [3.05, 3.63) is 0 Å². The minimum atomic E-state index is -0.467. The van der Waals surface area contributed by atoms with Gasteiger partial charge in [-0.25, -0.2) is 0 Å². The Morgan fingerprint density at radius 2 is 1.70 bits per heavy atom. The monoisotopic (exact) mass is 143 g/mol. The molecule has 3 atom stereocenters. The van der Waals surface area contributed by atoms with E-state index in [0.717, 1.165) is 13.1 Å². The van der Waals surface area contributed by atoms with E-state index in [1.54, 1.807) is 0 Å². The van der Waals surface area contributed by atoms with Gasteiger partial charge in [0.25, 0.3) is 0 Å². The van der Waals surface area contributed by atoms with Gasteiger partial charge < -0.3 is 10.4 Å². The van der Waals surface area contributed by atoms with Crippen LogP contribution in [0.3, 0.4) is 0 Å². The Bertz CT molecular complexity index is 110. The number of hydrogen-bond acceptors (Lipinski definition) is 2. The van der Waals surface area contributed by atoms with Gasteiger partial charge in [-0.05, 0) is 18.8 Å². The molecule has 0 radical (unpaired) electrons. The first-order valence-corrected chi connectivity index (χ1v) is 3.98. The molecule has 1 fully saturated rings. The highest BCUT2D eigenvalue weighted by Crippen LogP contribution is 2.27. The van der Waals surface area contributed by atoms with E-state index in [1.165, 1.54) is 0 Å². The first-order valence-electron chi connectivity index (χ1n) is 3.98. The maximum absolute atomic E-state index is 9.87. The molecule has 2 nitrogen and oxygen atoms in total. The number of rotatable bonds is 0. The fourth-order valence-electron chi connectivity index (χ4n) is 1.42. The lowest BCUT2D eigenvalue weighted by atomic mass is 9.77. The number of piperidine rings is 1. The van der Waals surface area contributed by atoms with Crippen LogP contribution >= 0.6 is 0 Å². The Morgan fingerprint density at radius 3 is 2.00 bits per heavy atom. The maximum Gasteiger partial charge on any atom is 0.0694 e. The number of nitrogens with one attached hydrogen (secondary N) is 1. The predicted octanol–water partition coefficient (Wildman–Crippen LogP) is 0.613. The van der Waals surface area contributed by atoms with Gasteiger partial charge in [0.2, 0.25) is 0 Å². The highest BCUT2D eigenvalue weighted by molar-refractivity contribution is 4.90. The highest BCUT2D eigenvalue weighted by atomic mass is 16.3. The lowest BCUT2D eigenvalue weighted by Crippen LogP contribution is -2.52. The highest BCUT2D eigenvalue weighted by Gasteiger charge is 2.36. The Kier molecular flexibility index (Phi) is 2.02. The molecule has 1 heterocycles. The van der Waals surface area contributed by atoms with Crippen LogP contribution in [0, 0.1) is 11.8 Å². The van der Waals surface area contributed by atoms with Crippen LogP contribution in [0.4, 0.5) is 0 Å². The predicted molar refractivity (Wildman–Crippen MR) is 41.8 cm³/mol. The van der Waals surface area contributed by atoms with Crippen molar-refractivity contribution in [3.8, 4) is 0 Å². The maximum atomic E-state index is 9.87. The average molecular weight is 143 g/mol. The fourth-order valence-corrected chi connectivity index (χ4v) is 1.42. The second kappa shape index (κ2) is 2.51. The van der Waals surface area contributed by atoms with E-state index in [4.69, 9.17) is 0 Å². The Balaban J connectivity index is 2.63. The van der Waals surface area contributed by atoms with E-state index < -0.39 is 5.60 Å². The Labute approximate surface area is 62.6 Å². The van der Waals surface area contributed by atoms with Crippen molar-refractivity contribution in [1.82, 2.24) is 5.32 Å². The molecule has 1 rings (SSSR count). The molecule has 2 N–H and O–H groups in total. The normalized spacial score (nSPS) is 49.2. The van der Waals surface area contributed by atoms with E-state index in [0.29, 0.717) is 11.8 Å². The minimum absolute atomic E-state index is 0.372. The molecule has 10 heavy (non-hydrogen) atoms. The molecule has 0 aromatic carbocycles. The largest absolute Gasteiger partial charge is 0.390 e. The topological polar surface area (TPSA) is 32.3 Å². The molecule has 1 saturated heterocycles. The van der Waals surface area contributed by atoms with Crippen LogP contribution in [0.1, 0.15) is 20.8 Å². The zero-order valence-corrected chi connectivity index (χ0v) is 7.02. The second-order valence-electron chi connectivity index (χ2n) is 3.69. The smallest absolute Gasteiger partial charge is 0.0694 e. The summed E-state index contributed by atoms with van der Waals surface area (Å²) in [5.41, 5.74) is -0.467. The molecule has 2 heteroatoms. The van der Waals surface area contributed by atoms with Crippen molar-refractivity contribution < 1.29 is 5.11 Å². The van der Waals surface area contributed by atoms with Crippen LogP contribution in [-0.4, -0.2) is 23.8 Å². The van der Waals surface area contributed by atoms with Gasteiger partial charge in [0.05, 0.1) is 5.60 Å². The lowest BCUT2D eigenvalue weighted by molar-refractivity contribution is -0.0575. The minimum Gasteiger partial charge on any atom is -0.390 e. The van der Waals surface area contributed by atoms with Crippen LogP contribution in [-0.2, 0) is 0 Å². The third-order valence-corrected chi connectivity index (χ3v) is 2.90. The molecule has 0 unspecified atom stereocenters. The quantitative estimate of drug-likeness (QED) is 0.521. The fraction of sp³-hybridized carbons (Fsp3) is 1.00. The van der Waals surface area contributed by atoms with Crippen molar-refractivity contribution in [3.63, 3.8) is 0 Å². The third kappa shape index (κ3) is 1.18. The second-order valence-corrected chi connectivity index (χ2v) is 3.69. The van der Waals surface area contributed by atoms with Crippen molar-refractivity contribution >= 4 is 0 Å². The zero-order valence-electron chi connectivity index (χ0n) is 7.02. The first-order chi connectivity index (χ1) is 4.55. The third-order valence-electron chi connectivity index (χ3n) is 2.90. The summed E-state index contributed by atoms with van der Waals surface area (Å²) in [4.78, 5) is 0. The SMILES string of the molecule is C[C@@H]1CNC[C@H](C)[C@]1(C)O. The van der Waals surface area contributed by atoms with Gasteiger partial charge in [0.15, 0.2) is 0 Å². The summed E-state index contributed by atoms with van der Waals surface area (Å²) in [6.45, 7) is 7.99. The standard InChI is InChI=1S/C8H17NO/c1-6-4-9-5-7(2)8(6,3)10/h6-7,9-10H,4-5H2,1-3H3/t6-,7+,8-. The van der Waals surface area contributed by atoms with Gasteiger partial charge in [-0.3, -0.25) is 0 Å². The molecule has 0 aromatic rings. The molecular weight excluding hydrogens is 126 g/mol. The van der Waals surface area contributed by atoms with Gasteiger partial charge in [-0.2, -0.15) is 0 Å². The molecular formula is C8H17NO. The summed E-state index contributed by atoms with van der Waals surface area (Å²) in [6.07, 6.45) is 0. The molecule has 0 aliphatic carbocycles. The first kappa shape index (κ1) is 8.02. The Morgan fingerprint density at radius 1 is 1.30 bits per heavy atom. The van der Waals surface area contributed by atoms with Gasteiger partial charge >= 0.3 is 0 Å². The summed E-state index contributed by atoms with van der Waals surface area (Å²) in [6, 6.07) is 0. The number of aliphatic hydroxyl groups is 1. The van der Waals surface area contributed by atoms with Crippen LogP contribution in [0.5, 0.6) is 0 Å². The van der Waals surface area contributed by atoms with Gasteiger partial charge in [-0.1, -0.05) is 13.8 Å². The molecule has 1 aliphatic rings. The van der Waals surface area contributed by atoms with E-state index in [1.807, 2.05) is 6.92 Å². The lowest BCUT2D eigenvalue weighted by Gasteiger charge is -2.40. The van der Waals surface area contributed by atoms with Crippen molar-refractivity contribution in [2.24, 2.45) is 11.8 Å². The van der Waals surface area contributed by atoms with E-state index in [-0.39, 0.29) is 0 Å². The van der Waals surface area contributed by atoms with Gasteiger partial charge in [0, 0.05) is 13.1 Å². The summed E-state index contributed by atoms with van der Waals surface area (Å²) in [5, 5.41) is 13.2. The van der Waals surface area contributed by atoms with E-state index in [2.05, 4.69) is 19.2 Å². The summed E-state index contributed by atoms with van der Waals surface area (Å²) < 4.78 is 0. The van der Waals surface area contributed by atoms with Crippen LogP contribution in [0.15, 0.2) is 0 Å².